The minimum absolute atomic E-state index is 0.546. The average Bonchev–Trinajstić information content (AvgIpc) is 2.84. The number of rotatable bonds is 3. The van der Waals surface area contributed by atoms with Crippen LogP contribution in [0.15, 0.2) is 18.6 Å². The van der Waals surface area contributed by atoms with Crippen LogP contribution in [-0.4, -0.2) is 29.9 Å². The molecule has 0 spiro atoms. The fraction of sp³-hybridized carbons (Fsp3) is 0.444. The van der Waals surface area contributed by atoms with Gasteiger partial charge in [-0.25, -0.2) is 4.68 Å². The zero-order valence-electron chi connectivity index (χ0n) is 8.70. The summed E-state index contributed by atoms with van der Waals surface area (Å²) in [4.78, 5) is 0. The average molecular weight is 207 g/mol. The van der Waals surface area contributed by atoms with Crippen LogP contribution in [0, 0.1) is 0 Å². The van der Waals surface area contributed by atoms with E-state index in [-0.39, 0.29) is 0 Å². The first-order chi connectivity index (χ1) is 7.20. The highest BCUT2D eigenvalue weighted by atomic mass is 16.3. The van der Waals surface area contributed by atoms with Gasteiger partial charge in [-0.15, -0.1) is 5.10 Å². The molecule has 1 unspecified atom stereocenters. The van der Waals surface area contributed by atoms with Gasteiger partial charge in [0.15, 0.2) is 0 Å². The lowest BCUT2D eigenvalue weighted by atomic mass is 10.2. The van der Waals surface area contributed by atoms with Crippen molar-refractivity contribution in [3.05, 3.63) is 24.3 Å². The van der Waals surface area contributed by atoms with Crippen LogP contribution in [-0.2, 0) is 7.05 Å². The second-order valence-electron chi connectivity index (χ2n) is 3.38. The maximum absolute atomic E-state index is 9.56. The van der Waals surface area contributed by atoms with Crippen molar-refractivity contribution in [2.45, 2.75) is 19.4 Å². The fourth-order valence-electron chi connectivity index (χ4n) is 1.29. The maximum Gasteiger partial charge on any atom is 0.112 e. The summed E-state index contributed by atoms with van der Waals surface area (Å²) in [5, 5.41) is 21.4. The standard InChI is InChI=1S/C9H13N5O/c1-3-9(15)8-6-14(12-11-8)7-4-10-13(2)5-7/h4-6,9,15H,3H2,1-2H3. The van der Waals surface area contributed by atoms with E-state index in [2.05, 4.69) is 15.4 Å². The van der Waals surface area contributed by atoms with Crippen LogP contribution in [0.5, 0.6) is 0 Å². The number of aliphatic hydroxyl groups is 1. The van der Waals surface area contributed by atoms with Crippen molar-refractivity contribution < 1.29 is 5.11 Å². The van der Waals surface area contributed by atoms with E-state index in [0.717, 1.165) is 5.69 Å². The Labute approximate surface area is 87.1 Å². The van der Waals surface area contributed by atoms with Crippen LogP contribution >= 0.6 is 0 Å². The summed E-state index contributed by atoms with van der Waals surface area (Å²) in [6.07, 6.45) is 5.32. The van der Waals surface area contributed by atoms with Gasteiger partial charge in [-0.1, -0.05) is 12.1 Å². The van der Waals surface area contributed by atoms with Crippen LogP contribution in [0.2, 0.25) is 0 Å². The van der Waals surface area contributed by atoms with E-state index < -0.39 is 6.10 Å². The van der Waals surface area contributed by atoms with E-state index in [4.69, 9.17) is 0 Å². The summed E-state index contributed by atoms with van der Waals surface area (Å²) in [6.45, 7) is 1.90. The van der Waals surface area contributed by atoms with Crippen molar-refractivity contribution >= 4 is 0 Å². The van der Waals surface area contributed by atoms with Gasteiger partial charge in [-0.05, 0) is 6.42 Å². The highest BCUT2D eigenvalue weighted by Crippen LogP contribution is 2.13. The molecule has 1 N–H and O–H groups in total. The molecule has 0 aliphatic rings. The minimum Gasteiger partial charge on any atom is -0.387 e. The highest BCUT2D eigenvalue weighted by molar-refractivity contribution is 5.23. The van der Waals surface area contributed by atoms with Gasteiger partial charge < -0.3 is 5.11 Å². The van der Waals surface area contributed by atoms with Crippen LogP contribution < -0.4 is 0 Å². The Morgan fingerprint density at radius 2 is 2.27 bits per heavy atom. The molecule has 6 heteroatoms. The molecule has 2 aromatic heterocycles. The molecule has 0 saturated heterocycles. The normalized spacial score (nSPS) is 13.0. The molecule has 6 nitrogen and oxygen atoms in total. The van der Waals surface area contributed by atoms with Gasteiger partial charge in [-0.2, -0.15) is 5.10 Å². The Hall–Kier alpha value is -1.69. The summed E-state index contributed by atoms with van der Waals surface area (Å²) < 4.78 is 3.29. The molecule has 2 heterocycles. The molecule has 2 aromatic rings. The van der Waals surface area contributed by atoms with Gasteiger partial charge >= 0.3 is 0 Å². The molecule has 0 aliphatic carbocycles. The lowest BCUT2D eigenvalue weighted by Crippen LogP contribution is -1.94. The van der Waals surface area contributed by atoms with Gasteiger partial charge in [0.2, 0.25) is 0 Å². The molecule has 80 valence electrons. The van der Waals surface area contributed by atoms with Gasteiger partial charge in [0.05, 0.1) is 24.7 Å². The highest BCUT2D eigenvalue weighted by Gasteiger charge is 2.10. The van der Waals surface area contributed by atoms with E-state index in [9.17, 15) is 5.11 Å². The third kappa shape index (κ3) is 1.89. The third-order valence-corrected chi connectivity index (χ3v) is 2.20. The summed E-state index contributed by atoms with van der Waals surface area (Å²) in [5.74, 6) is 0. The summed E-state index contributed by atoms with van der Waals surface area (Å²) >= 11 is 0. The second-order valence-corrected chi connectivity index (χ2v) is 3.38. The zero-order chi connectivity index (χ0) is 10.8. The zero-order valence-corrected chi connectivity index (χ0v) is 8.70. The van der Waals surface area contributed by atoms with Crippen LogP contribution in [0.25, 0.3) is 5.69 Å². The van der Waals surface area contributed by atoms with Crippen molar-refractivity contribution in [2.75, 3.05) is 0 Å². The topological polar surface area (TPSA) is 68.8 Å². The molecular weight excluding hydrogens is 194 g/mol. The lowest BCUT2D eigenvalue weighted by molar-refractivity contribution is 0.169. The van der Waals surface area contributed by atoms with E-state index in [0.29, 0.717) is 12.1 Å². The Balaban J connectivity index is 2.27. The van der Waals surface area contributed by atoms with E-state index in [1.54, 1.807) is 21.8 Å². The maximum atomic E-state index is 9.56. The first-order valence-corrected chi connectivity index (χ1v) is 4.80. The first-order valence-electron chi connectivity index (χ1n) is 4.80. The Morgan fingerprint density at radius 1 is 1.47 bits per heavy atom. The van der Waals surface area contributed by atoms with Crippen molar-refractivity contribution in [3.8, 4) is 5.69 Å². The molecule has 0 saturated carbocycles. The monoisotopic (exact) mass is 207 g/mol. The molecule has 0 aromatic carbocycles. The quantitative estimate of drug-likeness (QED) is 0.793. The third-order valence-electron chi connectivity index (χ3n) is 2.20. The van der Waals surface area contributed by atoms with Gasteiger partial charge in [0.1, 0.15) is 11.4 Å². The lowest BCUT2D eigenvalue weighted by Gasteiger charge is -1.99. The van der Waals surface area contributed by atoms with Crippen molar-refractivity contribution in [1.82, 2.24) is 24.8 Å². The largest absolute Gasteiger partial charge is 0.387 e. The molecule has 0 aliphatic heterocycles. The van der Waals surface area contributed by atoms with E-state index >= 15 is 0 Å². The van der Waals surface area contributed by atoms with Crippen molar-refractivity contribution in [1.29, 1.82) is 0 Å². The molecule has 0 radical (unpaired) electrons. The molecule has 0 amide bonds. The molecule has 15 heavy (non-hydrogen) atoms. The molecule has 2 rings (SSSR count). The second kappa shape index (κ2) is 3.82. The van der Waals surface area contributed by atoms with Gasteiger partial charge in [-0.3, -0.25) is 4.68 Å². The van der Waals surface area contributed by atoms with Crippen molar-refractivity contribution in [2.24, 2.45) is 7.05 Å². The van der Waals surface area contributed by atoms with Crippen LogP contribution in [0.4, 0.5) is 0 Å². The van der Waals surface area contributed by atoms with Gasteiger partial charge in [0.25, 0.3) is 0 Å². The summed E-state index contributed by atoms with van der Waals surface area (Å²) in [6, 6.07) is 0. The van der Waals surface area contributed by atoms with E-state index in [1.165, 1.54) is 0 Å². The Bertz CT molecular complexity index is 447. The predicted molar refractivity (Wildman–Crippen MR) is 53.4 cm³/mol. The number of aliphatic hydroxyl groups excluding tert-OH is 1. The smallest absolute Gasteiger partial charge is 0.112 e. The Kier molecular flexibility index (Phi) is 2.51. The number of aryl methyl sites for hydroxylation is 1. The SMILES string of the molecule is CCC(O)c1cn(-c2cnn(C)c2)nn1. The van der Waals surface area contributed by atoms with Crippen LogP contribution in [0.3, 0.4) is 0 Å². The number of aromatic nitrogens is 5. The predicted octanol–water partition coefficient (Wildman–Crippen LogP) is 0.444. The number of nitrogens with zero attached hydrogens (tertiary/aromatic N) is 5. The summed E-state index contributed by atoms with van der Waals surface area (Å²) in [5.41, 5.74) is 1.42. The Morgan fingerprint density at radius 3 is 2.87 bits per heavy atom. The fourth-order valence-corrected chi connectivity index (χ4v) is 1.29. The number of hydrogen-bond donors (Lipinski definition) is 1. The minimum atomic E-state index is -0.546. The molecule has 1 atom stereocenters. The molecule has 0 bridgehead atoms. The molecular formula is C9H13N5O. The first kappa shape index (κ1) is 9.85. The number of hydrogen-bond acceptors (Lipinski definition) is 4. The van der Waals surface area contributed by atoms with Crippen molar-refractivity contribution in [3.63, 3.8) is 0 Å². The summed E-state index contributed by atoms with van der Waals surface area (Å²) in [7, 11) is 1.84. The van der Waals surface area contributed by atoms with Gasteiger partial charge in [0, 0.05) is 7.05 Å². The molecule has 0 fully saturated rings. The van der Waals surface area contributed by atoms with Crippen LogP contribution in [0.1, 0.15) is 25.1 Å². The van der Waals surface area contributed by atoms with E-state index in [1.807, 2.05) is 20.2 Å².